The van der Waals surface area contributed by atoms with Crippen LogP contribution >= 0.6 is 11.3 Å². The number of hydrogen-bond donors (Lipinski definition) is 0. The fourth-order valence-electron chi connectivity index (χ4n) is 5.53. The summed E-state index contributed by atoms with van der Waals surface area (Å²) >= 11 is 1.94. The number of aromatic nitrogens is 1. The molecule has 31 heavy (non-hydrogen) atoms. The van der Waals surface area contributed by atoms with Crippen molar-refractivity contribution >= 4 is 11.3 Å². The summed E-state index contributed by atoms with van der Waals surface area (Å²) < 4.78 is 0. The van der Waals surface area contributed by atoms with Crippen molar-refractivity contribution in [1.29, 1.82) is 0 Å². The maximum atomic E-state index is 4.89. The lowest BCUT2D eigenvalue weighted by Crippen LogP contribution is -2.33. The van der Waals surface area contributed by atoms with Crippen LogP contribution in [0.1, 0.15) is 108 Å². The Balaban J connectivity index is 1.43. The highest BCUT2D eigenvalue weighted by molar-refractivity contribution is 7.15. The molecule has 1 aromatic heterocycles. The van der Waals surface area contributed by atoms with Gasteiger partial charge in [0.15, 0.2) is 0 Å². The zero-order valence-electron chi connectivity index (χ0n) is 20.5. The molecule has 1 aliphatic carbocycles. The van der Waals surface area contributed by atoms with Gasteiger partial charge in [-0.15, -0.1) is 11.3 Å². The van der Waals surface area contributed by atoms with E-state index in [0.717, 1.165) is 0 Å². The molecule has 2 heterocycles. The standard InChI is InChI=1S/C28H42N2S/c1-6-7-8-9-16-30-17-12-21(13-18-30)25-20-29-26(31-25)22-10-11-23-24(19-22)28(4,5)15-14-27(23,2)3/h10-11,19-21H,6-9,12-18H2,1-5H3. The maximum Gasteiger partial charge on any atom is 0.123 e. The number of piperidine rings is 1. The van der Waals surface area contributed by atoms with Gasteiger partial charge < -0.3 is 4.90 Å². The van der Waals surface area contributed by atoms with Crippen LogP contribution in [0, 0.1) is 0 Å². The van der Waals surface area contributed by atoms with Gasteiger partial charge in [0.25, 0.3) is 0 Å². The topological polar surface area (TPSA) is 16.1 Å². The lowest BCUT2D eigenvalue weighted by molar-refractivity contribution is 0.209. The highest BCUT2D eigenvalue weighted by atomic mass is 32.1. The van der Waals surface area contributed by atoms with E-state index in [9.17, 15) is 0 Å². The van der Waals surface area contributed by atoms with Gasteiger partial charge in [-0.3, -0.25) is 0 Å². The number of nitrogens with zero attached hydrogens (tertiary/aromatic N) is 2. The molecule has 2 nitrogen and oxygen atoms in total. The number of likely N-dealkylation sites (tertiary alicyclic amines) is 1. The first-order valence-electron chi connectivity index (χ1n) is 12.6. The molecule has 1 saturated heterocycles. The van der Waals surface area contributed by atoms with Crippen molar-refractivity contribution in [3.8, 4) is 10.6 Å². The number of thiazole rings is 1. The molecule has 170 valence electrons. The summed E-state index contributed by atoms with van der Waals surface area (Å²) in [5.74, 6) is 0.700. The van der Waals surface area contributed by atoms with E-state index in [4.69, 9.17) is 4.98 Å². The molecule has 0 unspecified atom stereocenters. The Bertz CT molecular complexity index is 871. The van der Waals surface area contributed by atoms with Crippen LogP contribution in [-0.2, 0) is 10.8 Å². The van der Waals surface area contributed by atoms with E-state index >= 15 is 0 Å². The molecule has 1 fully saturated rings. The van der Waals surface area contributed by atoms with Crippen molar-refractivity contribution < 1.29 is 0 Å². The molecule has 0 bridgehead atoms. The molecule has 0 amide bonds. The van der Waals surface area contributed by atoms with E-state index in [1.54, 1.807) is 0 Å². The van der Waals surface area contributed by atoms with Crippen LogP contribution in [0.2, 0.25) is 0 Å². The molecule has 2 aromatic rings. The van der Waals surface area contributed by atoms with E-state index in [2.05, 4.69) is 63.9 Å². The van der Waals surface area contributed by atoms with E-state index in [1.807, 2.05) is 11.3 Å². The number of fused-ring (bicyclic) bond motifs is 1. The highest BCUT2D eigenvalue weighted by Gasteiger charge is 2.37. The molecule has 0 N–H and O–H groups in total. The summed E-state index contributed by atoms with van der Waals surface area (Å²) in [6.07, 6.45) is 12.8. The Hall–Kier alpha value is -1.19. The number of hydrogen-bond acceptors (Lipinski definition) is 3. The fourth-order valence-corrected chi connectivity index (χ4v) is 6.62. The average molecular weight is 439 g/mol. The Labute approximate surface area is 194 Å². The summed E-state index contributed by atoms with van der Waals surface area (Å²) in [7, 11) is 0. The van der Waals surface area contributed by atoms with Gasteiger partial charge in [-0.1, -0.05) is 66.0 Å². The minimum absolute atomic E-state index is 0.255. The first kappa shape index (κ1) is 23.0. The first-order valence-corrected chi connectivity index (χ1v) is 13.5. The quantitative estimate of drug-likeness (QED) is 0.408. The predicted molar refractivity (Wildman–Crippen MR) is 135 cm³/mol. The molecule has 0 radical (unpaired) electrons. The maximum absolute atomic E-state index is 4.89. The largest absolute Gasteiger partial charge is 0.303 e. The van der Waals surface area contributed by atoms with Crippen molar-refractivity contribution in [2.24, 2.45) is 0 Å². The third-order valence-electron chi connectivity index (χ3n) is 7.94. The summed E-state index contributed by atoms with van der Waals surface area (Å²) in [6, 6.07) is 7.17. The van der Waals surface area contributed by atoms with Crippen LogP contribution in [0.15, 0.2) is 24.4 Å². The van der Waals surface area contributed by atoms with E-state index in [0.29, 0.717) is 5.92 Å². The second-order valence-electron chi connectivity index (χ2n) is 11.3. The van der Waals surface area contributed by atoms with Gasteiger partial charge in [0.2, 0.25) is 0 Å². The van der Waals surface area contributed by atoms with Gasteiger partial charge in [-0.25, -0.2) is 4.98 Å². The molecule has 4 rings (SSSR count). The van der Waals surface area contributed by atoms with Gasteiger partial charge in [0, 0.05) is 16.6 Å². The Morgan fingerprint density at radius 3 is 2.39 bits per heavy atom. The lowest BCUT2D eigenvalue weighted by Gasteiger charge is -2.42. The zero-order valence-corrected chi connectivity index (χ0v) is 21.3. The lowest BCUT2D eigenvalue weighted by atomic mass is 9.63. The summed E-state index contributed by atoms with van der Waals surface area (Å²) in [5, 5.41) is 1.21. The van der Waals surface area contributed by atoms with Gasteiger partial charge >= 0.3 is 0 Å². The van der Waals surface area contributed by atoms with Crippen LogP contribution in [0.5, 0.6) is 0 Å². The molecule has 0 saturated carbocycles. The van der Waals surface area contributed by atoms with Gasteiger partial charge in [0.05, 0.1) is 0 Å². The third kappa shape index (κ3) is 5.09. The monoisotopic (exact) mass is 438 g/mol. The molecule has 3 heteroatoms. The van der Waals surface area contributed by atoms with E-state index < -0.39 is 0 Å². The molecule has 1 aromatic carbocycles. The van der Waals surface area contributed by atoms with Crippen molar-refractivity contribution in [3.05, 3.63) is 40.4 Å². The summed E-state index contributed by atoms with van der Waals surface area (Å²) in [6.45, 7) is 15.7. The van der Waals surface area contributed by atoms with Crippen LogP contribution < -0.4 is 0 Å². The van der Waals surface area contributed by atoms with Gasteiger partial charge in [0.1, 0.15) is 5.01 Å². The highest BCUT2D eigenvalue weighted by Crippen LogP contribution is 2.47. The molecular formula is C28H42N2S. The van der Waals surface area contributed by atoms with Crippen molar-refractivity contribution in [1.82, 2.24) is 9.88 Å². The fraction of sp³-hybridized carbons (Fsp3) is 0.679. The molecule has 0 atom stereocenters. The predicted octanol–water partition coefficient (Wildman–Crippen LogP) is 7.92. The molecule has 1 aliphatic heterocycles. The first-order chi connectivity index (χ1) is 14.8. The van der Waals surface area contributed by atoms with Crippen LogP contribution in [0.3, 0.4) is 0 Å². The minimum atomic E-state index is 0.255. The number of rotatable bonds is 7. The van der Waals surface area contributed by atoms with Crippen molar-refractivity contribution in [2.75, 3.05) is 19.6 Å². The summed E-state index contributed by atoms with van der Waals surface area (Å²) in [5.41, 5.74) is 4.92. The normalized spacial score (nSPS) is 21.2. The second-order valence-corrected chi connectivity index (χ2v) is 12.3. The minimum Gasteiger partial charge on any atom is -0.303 e. The molecule has 2 aliphatic rings. The Kier molecular flexibility index (Phi) is 6.93. The Morgan fingerprint density at radius 2 is 1.68 bits per heavy atom. The molecular weight excluding hydrogens is 396 g/mol. The van der Waals surface area contributed by atoms with Gasteiger partial charge in [-0.05, 0) is 85.7 Å². The Morgan fingerprint density at radius 1 is 0.968 bits per heavy atom. The van der Waals surface area contributed by atoms with Crippen LogP contribution in [0.4, 0.5) is 0 Å². The van der Waals surface area contributed by atoms with Crippen LogP contribution in [-0.4, -0.2) is 29.5 Å². The smallest absolute Gasteiger partial charge is 0.123 e. The van der Waals surface area contributed by atoms with Crippen molar-refractivity contribution in [3.63, 3.8) is 0 Å². The molecule has 0 spiro atoms. The van der Waals surface area contributed by atoms with E-state index in [1.165, 1.54) is 97.6 Å². The number of unbranched alkanes of at least 4 members (excludes halogenated alkanes) is 3. The SMILES string of the molecule is CCCCCCN1CCC(c2cnc(-c3ccc4c(c3)C(C)(C)CCC4(C)C)s2)CC1. The van der Waals surface area contributed by atoms with Gasteiger partial charge in [-0.2, -0.15) is 0 Å². The average Bonchev–Trinajstić information content (AvgIpc) is 3.25. The second kappa shape index (κ2) is 9.35. The zero-order chi connectivity index (χ0) is 22.1. The third-order valence-corrected chi connectivity index (χ3v) is 9.15. The van der Waals surface area contributed by atoms with Crippen molar-refractivity contribution in [2.45, 2.75) is 103 Å². The summed E-state index contributed by atoms with van der Waals surface area (Å²) in [4.78, 5) is 9.07. The van der Waals surface area contributed by atoms with Crippen LogP contribution in [0.25, 0.3) is 10.6 Å². The van der Waals surface area contributed by atoms with E-state index in [-0.39, 0.29) is 10.8 Å². The number of benzene rings is 1.